The van der Waals surface area contributed by atoms with Gasteiger partial charge in [0.15, 0.2) is 0 Å². The molecule has 2 N–H and O–H groups in total. The molecule has 0 aromatic heterocycles. The van der Waals surface area contributed by atoms with Crippen LogP contribution in [0.2, 0.25) is 0 Å². The van der Waals surface area contributed by atoms with Crippen LogP contribution in [0.5, 0.6) is 0 Å². The minimum Gasteiger partial charge on any atom is -0.338 e. The number of allylic oxidation sites excluding steroid dienone is 1. The number of nitrogens with one attached hydrogen (secondary N) is 2. The predicted octanol–water partition coefficient (Wildman–Crippen LogP) is 0.0451. The van der Waals surface area contributed by atoms with Gasteiger partial charge in [-0.2, -0.15) is 10.6 Å². The third-order valence-corrected chi connectivity index (χ3v) is 2.73. The first-order chi connectivity index (χ1) is 8.22. The van der Waals surface area contributed by atoms with E-state index in [-0.39, 0.29) is 6.17 Å². The zero-order valence-corrected chi connectivity index (χ0v) is 10.3. The van der Waals surface area contributed by atoms with Crippen LogP contribution in [0.25, 0.3) is 0 Å². The predicted molar refractivity (Wildman–Crippen MR) is 66.7 cm³/mol. The Morgan fingerprint density at radius 1 is 1.71 bits per heavy atom. The standard InChI is InChI=1S/C11H19N5O/c1-9(2)16-10(12-3)4-5-11(14-16)15-6-7-17-13-8-15/h4-5,10,12-13H,1,6-8H2,2-3H3/t10-/m0/s1. The largest absolute Gasteiger partial charge is 0.338 e. The third kappa shape index (κ3) is 2.66. The Kier molecular flexibility index (Phi) is 3.78. The Hall–Kier alpha value is -1.37. The van der Waals surface area contributed by atoms with Crippen LogP contribution >= 0.6 is 0 Å². The van der Waals surface area contributed by atoms with E-state index < -0.39 is 0 Å². The first-order valence-corrected chi connectivity index (χ1v) is 5.71. The Bertz CT molecular complexity index is 346. The Labute approximate surface area is 102 Å². The van der Waals surface area contributed by atoms with Gasteiger partial charge < -0.3 is 4.90 Å². The van der Waals surface area contributed by atoms with Gasteiger partial charge in [-0.15, -0.1) is 0 Å². The molecule has 0 aromatic carbocycles. The number of likely N-dealkylation sites (N-methyl/N-ethyl adjacent to an activating group) is 1. The lowest BCUT2D eigenvalue weighted by Gasteiger charge is -2.35. The topological polar surface area (TPSA) is 52.1 Å². The average molecular weight is 237 g/mol. The van der Waals surface area contributed by atoms with E-state index in [0.29, 0.717) is 13.3 Å². The van der Waals surface area contributed by atoms with E-state index in [1.807, 2.05) is 25.1 Å². The van der Waals surface area contributed by atoms with Crippen LogP contribution in [0, 0.1) is 0 Å². The molecule has 0 aliphatic carbocycles. The van der Waals surface area contributed by atoms with Crippen molar-refractivity contribution in [3.8, 4) is 0 Å². The van der Waals surface area contributed by atoms with Gasteiger partial charge >= 0.3 is 0 Å². The van der Waals surface area contributed by atoms with Crippen molar-refractivity contribution >= 4 is 5.84 Å². The monoisotopic (exact) mass is 237 g/mol. The van der Waals surface area contributed by atoms with E-state index in [4.69, 9.17) is 4.84 Å². The van der Waals surface area contributed by atoms with E-state index in [1.165, 1.54) is 0 Å². The van der Waals surface area contributed by atoms with Crippen molar-refractivity contribution < 1.29 is 4.84 Å². The molecule has 0 aromatic rings. The van der Waals surface area contributed by atoms with Gasteiger partial charge in [0.1, 0.15) is 12.0 Å². The molecule has 1 fully saturated rings. The molecule has 2 heterocycles. The number of hydrogen-bond acceptors (Lipinski definition) is 6. The second-order valence-electron chi connectivity index (χ2n) is 4.05. The summed E-state index contributed by atoms with van der Waals surface area (Å²) in [6.07, 6.45) is 4.17. The maximum Gasteiger partial charge on any atom is 0.150 e. The van der Waals surface area contributed by atoms with Crippen molar-refractivity contribution in [3.05, 3.63) is 24.4 Å². The van der Waals surface area contributed by atoms with Gasteiger partial charge in [0.05, 0.1) is 13.3 Å². The maximum atomic E-state index is 5.09. The fourth-order valence-corrected chi connectivity index (χ4v) is 1.80. The van der Waals surface area contributed by atoms with Crippen LogP contribution in [-0.2, 0) is 4.84 Å². The highest BCUT2D eigenvalue weighted by molar-refractivity contribution is 5.93. The zero-order valence-electron chi connectivity index (χ0n) is 10.3. The summed E-state index contributed by atoms with van der Waals surface area (Å²) < 4.78 is 0. The summed E-state index contributed by atoms with van der Waals surface area (Å²) in [4.78, 5) is 7.22. The molecular weight excluding hydrogens is 218 g/mol. The maximum absolute atomic E-state index is 5.09. The van der Waals surface area contributed by atoms with Crippen LogP contribution in [0.4, 0.5) is 0 Å². The van der Waals surface area contributed by atoms with Crippen LogP contribution in [0.15, 0.2) is 29.5 Å². The SMILES string of the molecule is C=C(C)N1N=C(N2CCONC2)C=C[C@H]1NC. The quantitative estimate of drug-likeness (QED) is 0.710. The molecule has 1 saturated heterocycles. The summed E-state index contributed by atoms with van der Waals surface area (Å²) in [5.74, 6) is 0.926. The highest BCUT2D eigenvalue weighted by atomic mass is 16.6. The first kappa shape index (κ1) is 12.1. The van der Waals surface area contributed by atoms with Crippen LogP contribution in [0.3, 0.4) is 0 Å². The fraction of sp³-hybridized carbons (Fsp3) is 0.545. The van der Waals surface area contributed by atoms with Crippen LogP contribution in [0.1, 0.15) is 6.92 Å². The van der Waals surface area contributed by atoms with E-state index in [1.54, 1.807) is 0 Å². The number of amidine groups is 1. The fourth-order valence-electron chi connectivity index (χ4n) is 1.80. The summed E-state index contributed by atoms with van der Waals surface area (Å²) >= 11 is 0. The van der Waals surface area contributed by atoms with Gasteiger partial charge in [-0.05, 0) is 26.1 Å². The van der Waals surface area contributed by atoms with E-state index in [2.05, 4.69) is 33.5 Å². The third-order valence-electron chi connectivity index (χ3n) is 2.73. The number of hydrogen-bond donors (Lipinski definition) is 2. The molecular formula is C11H19N5O. The van der Waals surface area contributed by atoms with Crippen LogP contribution < -0.4 is 10.8 Å². The Balaban J connectivity index is 2.12. The minimum absolute atomic E-state index is 0.0743. The summed E-state index contributed by atoms with van der Waals surface area (Å²) in [7, 11) is 1.90. The Morgan fingerprint density at radius 2 is 2.53 bits per heavy atom. The molecule has 0 bridgehead atoms. The van der Waals surface area contributed by atoms with E-state index >= 15 is 0 Å². The Morgan fingerprint density at radius 3 is 3.12 bits per heavy atom. The lowest BCUT2D eigenvalue weighted by molar-refractivity contribution is -0.0232. The number of hydrazone groups is 1. The molecule has 2 rings (SSSR count). The normalized spacial score (nSPS) is 24.8. The van der Waals surface area contributed by atoms with E-state index in [0.717, 1.165) is 18.1 Å². The lowest BCUT2D eigenvalue weighted by atomic mass is 10.3. The smallest absolute Gasteiger partial charge is 0.150 e. The molecule has 2 aliphatic rings. The molecule has 0 radical (unpaired) electrons. The van der Waals surface area contributed by atoms with Crippen molar-refractivity contribution in [2.75, 3.05) is 26.9 Å². The highest BCUT2D eigenvalue weighted by Crippen LogP contribution is 2.14. The molecule has 0 spiro atoms. The summed E-state index contributed by atoms with van der Waals surface area (Å²) in [5, 5.41) is 9.64. The summed E-state index contributed by atoms with van der Waals surface area (Å²) in [6, 6.07) is 0. The van der Waals surface area contributed by atoms with Gasteiger partial charge in [0.25, 0.3) is 0 Å². The molecule has 0 unspecified atom stereocenters. The van der Waals surface area contributed by atoms with Crippen molar-refractivity contribution in [2.24, 2.45) is 5.10 Å². The second kappa shape index (κ2) is 5.31. The zero-order chi connectivity index (χ0) is 12.3. The molecule has 1 atom stereocenters. The van der Waals surface area contributed by atoms with Crippen molar-refractivity contribution in [2.45, 2.75) is 13.1 Å². The molecule has 94 valence electrons. The number of hydroxylamine groups is 1. The molecule has 6 nitrogen and oxygen atoms in total. The van der Waals surface area contributed by atoms with Crippen molar-refractivity contribution in [3.63, 3.8) is 0 Å². The van der Waals surface area contributed by atoms with Crippen LogP contribution in [-0.4, -0.2) is 48.8 Å². The first-order valence-electron chi connectivity index (χ1n) is 5.71. The van der Waals surface area contributed by atoms with Gasteiger partial charge in [-0.25, -0.2) is 5.01 Å². The molecule has 0 amide bonds. The molecule has 6 heteroatoms. The van der Waals surface area contributed by atoms with E-state index in [9.17, 15) is 0 Å². The second-order valence-corrected chi connectivity index (χ2v) is 4.05. The van der Waals surface area contributed by atoms with Gasteiger partial charge in [-0.3, -0.25) is 10.2 Å². The summed E-state index contributed by atoms with van der Waals surface area (Å²) in [5.41, 5.74) is 3.77. The molecule has 0 saturated carbocycles. The average Bonchev–Trinajstić information content (AvgIpc) is 2.39. The van der Waals surface area contributed by atoms with Gasteiger partial charge in [0, 0.05) is 12.2 Å². The molecule has 17 heavy (non-hydrogen) atoms. The van der Waals surface area contributed by atoms with Gasteiger partial charge in [-0.1, -0.05) is 6.58 Å². The van der Waals surface area contributed by atoms with Crippen molar-refractivity contribution in [1.29, 1.82) is 0 Å². The lowest BCUT2D eigenvalue weighted by Crippen LogP contribution is -2.49. The highest BCUT2D eigenvalue weighted by Gasteiger charge is 2.21. The minimum atomic E-state index is 0.0743. The summed E-state index contributed by atoms with van der Waals surface area (Å²) in [6.45, 7) is 8.04. The van der Waals surface area contributed by atoms with Gasteiger partial charge in [0.2, 0.25) is 0 Å². The number of nitrogens with zero attached hydrogens (tertiary/aromatic N) is 3. The number of rotatable bonds is 2. The molecule has 2 aliphatic heterocycles. The van der Waals surface area contributed by atoms with Crippen molar-refractivity contribution in [1.82, 2.24) is 20.7 Å².